The van der Waals surface area contributed by atoms with Gasteiger partial charge in [-0.3, -0.25) is 0 Å². The van der Waals surface area contributed by atoms with E-state index in [1.54, 1.807) is 25.4 Å². The number of ether oxygens (including phenoxy) is 1. The van der Waals surface area contributed by atoms with Crippen LogP contribution in [0.15, 0.2) is 42.6 Å². The molecule has 0 bridgehead atoms. The van der Waals surface area contributed by atoms with E-state index in [-0.39, 0.29) is 0 Å². The second-order valence-corrected chi connectivity index (χ2v) is 5.94. The Labute approximate surface area is 151 Å². The molecule has 0 saturated heterocycles. The van der Waals surface area contributed by atoms with Gasteiger partial charge in [0.1, 0.15) is 5.75 Å². The molecule has 2 aromatic carbocycles. The van der Waals surface area contributed by atoms with Crippen LogP contribution in [0.2, 0.25) is 5.02 Å². The monoisotopic (exact) mass is 355 g/mol. The Bertz CT molecular complexity index is 880. The highest BCUT2D eigenvalue weighted by atomic mass is 35.5. The zero-order valence-corrected chi connectivity index (χ0v) is 14.9. The number of halogens is 1. The summed E-state index contributed by atoms with van der Waals surface area (Å²) in [5, 5.41) is 14.9. The third kappa shape index (κ3) is 3.97. The number of hydrogen-bond acceptors (Lipinski definition) is 6. The van der Waals surface area contributed by atoms with Crippen molar-refractivity contribution in [3.05, 3.63) is 58.7 Å². The average molecular weight is 356 g/mol. The van der Waals surface area contributed by atoms with Crippen molar-refractivity contribution >= 4 is 34.7 Å². The van der Waals surface area contributed by atoms with E-state index in [0.29, 0.717) is 22.5 Å². The number of rotatable bonds is 5. The summed E-state index contributed by atoms with van der Waals surface area (Å²) in [6.07, 6.45) is 1.58. The van der Waals surface area contributed by atoms with Crippen LogP contribution in [0, 0.1) is 13.8 Å². The van der Waals surface area contributed by atoms with Crippen molar-refractivity contribution in [3.8, 4) is 5.75 Å². The minimum Gasteiger partial charge on any atom is -0.495 e. The summed E-state index contributed by atoms with van der Waals surface area (Å²) in [5.41, 5.74) is 4.03. The predicted octanol–water partition coefficient (Wildman–Crippen LogP) is 4.64. The van der Waals surface area contributed by atoms with Crippen molar-refractivity contribution in [2.45, 2.75) is 13.8 Å². The van der Waals surface area contributed by atoms with Crippen LogP contribution in [0.25, 0.3) is 0 Å². The molecule has 25 heavy (non-hydrogen) atoms. The highest BCUT2D eigenvalue weighted by Gasteiger charge is 2.07. The molecule has 3 aromatic rings. The number of methoxy groups -OCH3 is 1. The molecule has 0 amide bonds. The molecule has 0 aliphatic heterocycles. The highest BCUT2D eigenvalue weighted by molar-refractivity contribution is 6.32. The van der Waals surface area contributed by atoms with E-state index in [0.717, 1.165) is 22.5 Å². The van der Waals surface area contributed by atoms with Crippen LogP contribution in [0.4, 0.5) is 23.1 Å². The van der Waals surface area contributed by atoms with Gasteiger partial charge in [-0.05, 0) is 43.2 Å². The van der Waals surface area contributed by atoms with E-state index < -0.39 is 0 Å². The number of anilines is 4. The molecular formula is C18H18ClN5O. The Morgan fingerprint density at radius 3 is 2.48 bits per heavy atom. The van der Waals surface area contributed by atoms with Crippen LogP contribution in [0.1, 0.15) is 11.1 Å². The van der Waals surface area contributed by atoms with Gasteiger partial charge in [-0.25, -0.2) is 0 Å². The maximum absolute atomic E-state index is 6.14. The SMILES string of the molecule is COc1ccc(Nc2nncc(Nc3c(C)cccc3C)n2)cc1Cl. The smallest absolute Gasteiger partial charge is 0.249 e. The second-order valence-electron chi connectivity index (χ2n) is 5.53. The summed E-state index contributed by atoms with van der Waals surface area (Å²) < 4.78 is 5.14. The minimum absolute atomic E-state index is 0.373. The second kappa shape index (κ2) is 7.36. The third-order valence-electron chi connectivity index (χ3n) is 3.70. The van der Waals surface area contributed by atoms with Gasteiger partial charge < -0.3 is 15.4 Å². The van der Waals surface area contributed by atoms with E-state index in [1.807, 2.05) is 38.1 Å². The van der Waals surface area contributed by atoms with Crippen LogP contribution in [0.3, 0.4) is 0 Å². The lowest BCUT2D eigenvalue weighted by atomic mass is 10.1. The molecule has 0 atom stereocenters. The van der Waals surface area contributed by atoms with Crippen molar-refractivity contribution < 1.29 is 4.74 Å². The molecule has 2 N–H and O–H groups in total. The number of nitrogens with zero attached hydrogens (tertiary/aromatic N) is 3. The molecule has 0 radical (unpaired) electrons. The van der Waals surface area contributed by atoms with E-state index in [1.165, 1.54) is 0 Å². The quantitative estimate of drug-likeness (QED) is 0.694. The summed E-state index contributed by atoms with van der Waals surface area (Å²) >= 11 is 6.14. The molecule has 7 heteroatoms. The summed E-state index contributed by atoms with van der Waals surface area (Å²) in [7, 11) is 1.57. The van der Waals surface area contributed by atoms with Gasteiger partial charge >= 0.3 is 0 Å². The summed E-state index contributed by atoms with van der Waals surface area (Å²) in [6, 6.07) is 11.5. The van der Waals surface area contributed by atoms with Crippen molar-refractivity contribution in [1.29, 1.82) is 0 Å². The first kappa shape index (κ1) is 17.0. The van der Waals surface area contributed by atoms with Crippen molar-refractivity contribution in [1.82, 2.24) is 15.2 Å². The van der Waals surface area contributed by atoms with Crippen LogP contribution < -0.4 is 15.4 Å². The Morgan fingerprint density at radius 2 is 1.80 bits per heavy atom. The molecule has 0 aliphatic rings. The molecule has 128 valence electrons. The van der Waals surface area contributed by atoms with Crippen LogP contribution in [-0.2, 0) is 0 Å². The Balaban J connectivity index is 1.81. The predicted molar refractivity (Wildman–Crippen MR) is 100 cm³/mol. The molecule has 0 spiro atoms. The van der Waals surface area contributed by atoms with Gasteiger partial charge in [0, 0.05) is 11.4 Å². The zero-order chi connectivity index (χ0) is 17.8. The lowest BCUT2D eigenvalue weighted by molar-refractivity contribution is 0.415. The number of aryl methyl sites for hydroxylation is 2. The van der Waals surface area contributed by atoms with Crippen molar-refractivity contribution in [3.63, 3.8) is 0 Å². The van der Waals surface area contributed by atoms with E-state index in [4.69, 9.17) is 16.3 Å². The van der Waals surface area contributed by atoms with Crippen molar-refractivity contribution in [2.75, 3.05) is 17.7 Å². The largest absolute Gasteiger partial charge is 0.495 e. The fourth-order valence-electron chi connectivity index (χ4n) is 2.43. The summed E-state index contributed by atoms with van der Waals surface area (Å²) in [6.45, 7) is 4.09. The van der Waals surface area contributed by atoms with Gasteiger partial charge in [0.25, 0.3) is 0 Å². The molecule has 0 fully saturated rings. The first-order valence-electron chi connectivity index (χ1n) is 7.70. The first-order valence-corrected chi connectivity index (χ1v) is 8.08. The number of benzene rings is 2. The number of hydrogen-bond donors (Lipinski definition) is 2. The standard InChI is InChI=1S/C18H18ClN5O/c1-11-5-4-6-12(2)17(11)22-16-10-20-24-18(23-16)21-13-7-8-15(25-3)14(19)9-13/h4-10H,1-3H3,(H2,21,22,23,24). The van der Waals surface area contributed by atoms with E-state index >= 15 is 0 Å². The molecular weight excluding hydrogens is 338 g/mol. The zero-order valence-electron chi connectivity index (χ0n) is 14.2. The lowest BCUT2D eigenvalue weighted by Crippen LogP contribution is -2.04. The number of nitrogens with one attached hydrogen (secondary N) is 2. The van der Waals surface area contributed by atoms with E-state index in [9.17, 15) is 0 Å². The topological polar surface area (TPSA) is 72.0 Å². The van der Waals surface area contributed by atoms with Crippen molar-refractivity contribution in [2.24, 2.45) is 0 Å². The number of aromatic nitrogens is 3. The maximum Gasteiger partial charge on any atom is 0.249 e. The Morgan fingerprint density at radius 1 is 1.04 bits per heavy atom. The summed E-state index contributed by atoms with van der Waals surface area (Å²) in [5.74, 6) is 1.59. The summed E-state index contributed by atoms with van der Waals surface area (Å²) in [4.78, 5) is 4.45. The minimum atomic E-state index is 0.373. The Hall–Kier alpha value is -2.86. The fourth-order valence-corrected chi connectivity index (χ4v) is 2.69. The Kier molecular flexibility index (Phi) is 5.00. The molecule has 3 rings (SSSR count). The normalized spacial score (nSPS) is 10.4. The van der Waals surface area contributed by atoms with Crippen LogP contribution >= 0.6 is 11.6 Å². The molecule has 6 nitrogen and oxygen atoms in total. The van der Waals surface area contributed by atoms with Gasteiger partial charge in [-0.1, -0.05) is 29.8 Å². The third-order valence-corrected chi connectivity index (χ3v) is 4.00. The molecule has 0 aliphatic carbocycles. The van der Waals surface area contributed by atoms with E-state index in [2.05, 4.69) is 25.8 Å². The first-order chi connectivity index (χ1) is 12.1. The number of para-hydroxylation sites is 1. The lowest BCUT2D eigenvalue weighted by Gasteiger charge is -2.12. The van der Waals surface area contributed by atoms with Gasteiger partial charge in [0.15, 0.2) is 5.82 Å². The fraction of sp³-hybridized carbons (Fsp3) is 0.167. The molecule has 1 heterocycles. The van der Waals surface area contributed by atoms with Crippen LogP contribution in [0.5, 0.6) is 5.75 Å². The molecule has 0 unspecified atom stereocenters. The van der Waals surface area contributed by atoms with Gasteiger partial charge in [0.2, 0.25) is 5.95 Å². The van der Waals surface area contributed by atoms with Gasteiger partial charge in [-0.15, -0.1) is 5.10 Å². The molecule has 1 aromatic heterocycles. The van der Waals surface area contributed by atoms with Crippen LogP contribution in [-0.4, -0.2) is 22.3 Å². The maximum atomic E-state index is 6.14. The average Bonchev–Trinajstić information content (AvgIpc) is 2.59. The highest BCUT2D eigenvalue weighted by Crippen LogP contribution is 2.28. The van der Waals surface area contributed by atoms with Gasteiger partial charge in [0.05, 0.1) is 18.3 Å². The molecule has 0 saturated carbocycles. The van der Waals surface area contributed by atoms with Gasteiger partial charge in [-0.2, -0.15) is 10.1 Å².